The Hall–Kier alpha value is -0.890. The Morgan fingerprint density at radius 1 is 1.39 bits per heavy atom. The molecular formula is C15H24Cl2N4O2. The predicted octanol–water partition coefficient (Wildman–Crippen LogP) is 0.927. The number of imidazole rings is 1. The highest BCUT2D eigenvalue weighted by Gasteiger charge is 2.28. The number of β-amino-alcohol motifs (C(OH)–C–C–N with tert-alkyl or cyclic N) is 1. The SMILES string of the molecule is Cc1ccc2nc(CNCC3(O)CNCCOC3)cn2c1.Cl.Cl. The summed E-state index contributed by atoms with van der Waals surface area (Å²) >= 11 is 0. The van der Waals surface area contributed by atoms with Crippen molar-refractivity contribution in [3.05, 3.63) is 35.8 Å². The van der Waals surface area contributed by atoms with Crippen molar-refractivity contribution in [1.29, 1.82) is 0 Å². The summed E-state index contributed by atoms with van der Waals surface area (Å²) in [6.45, 7) is 5.51. The minimum Gasteiger partial charge on any atom is -0.385 e. The largest absolute Gasteiger partial charge is 0.385 e. The van der Waals surface area contributed by atoms with E-state index in [1.165, 1.54) is 5.56 Å². The van der Waals surface area contributed by atoms with Crippen LogP contribution in [0.2, 0.25) is 0 Å². The normalized spacial score (nSPS) is 21.3. The molecule has 6 nitrogen and oxygen atoms in total. The van der Waals surface area contributed by atoms with Gasteiger partial charge in [-0.05, 0) is 18.6 Å². The summed E-state index contributed by atoms with van der Waals surface area (Å²) < 4.78 is 7.43. The third kappa shape index (κ3) is 5.31. The maximum Gasteiger partial charge on any atom is 0.137 e. The molecule has 1 fully saturated rings. The molecule has 1 unspecified atom stereocenters. The number of aromatic nitrogens is 2. The number of ether oxygens (including phenoxy) is 1. The lowest BCUT2D eigenvalue weighted by molar-refractivity contribution is -0.0264. The van der Waals surface area contributed by atoms with Gasteiger partial charge in [0.25, 0.3) is 0 Å². The average molecular weight is 363 g/mol. The second kappa shape index (κ2) is 8.82. The van der Waals surface area contributed by atoms with E-state index in [0.29, 0.717) is 32.8 Å². The van der Waals surface area contributed by atoms with Crippen molar-refractivity contribution in [2.24, 2.45) is 0 Å². The quantitative estimate of drug-likeness (QED) is 0.754. The molecule has 1 aliphatic rings. The monoisotopic (exact) mass is 362 g/mol. The van der Waals surface area contributed by atoms with Gasteiger partial charge in [-0.1, -0.05) is 6.07 Å². The number of aliphatic hydroxyl groups is 1. The predicted molar refractivity (Wildman–Crippen MR) is 94.8 cm³/mol. The van der Waals surface area contributed by atoms with Crippen LogP contribution in [-0.4, -0.2) is 52.9 Å². The van der Waals surface area contributed by atoms with Gasteiger partial charge in [-0.3, -0.25) is 0 Å². The Labute approximate surface area is 148 Å². The van der Waals surface area contributed by atoms with Crippen LogP contribution in [0.25, 0.3) is 5.65 Å². The van der Waals surface area contributed by atoms with Crippen LogP contribution >= 0.6 is 24.8 Å². The van der Waals surface area contributed by atoms with Crippen LogP contribution in [-0.2, 0) is 11.3 Å². The van der Waals surface area contributed by atoms with Crippen molar-refractivity contribution < 1.29 is 9.84 Å². The van der Waals surface area contributed by atoms with E-state index in [1.807, 2.05) is 16.7 Å². The minimum atomic E-state index is -0.855. The molecule has 3 rings (SSSR count). The van der Waals surface area contributed by atoms with Gasteiger partial charge < -0.3 is 24.9 Å². The Kier molecular flexibility index (Phi) is 7.73. The standard InChI is InChI=1S/C15H22N4O2.2ClH/c1-12-2-3-14-18-13(8-19(14)7-12)6-17-10-15(20)9-16-4-5-21-11-15;;/h2-3,7-8,16-17,20H,4-6,9-11H2,1H3;2*1H. The Bertz CT molecular complexity index is 613. The summed E-state index contributed by atoms with van der Waals surface area (Å²) in [5.41, 5.74) is 2.25. The third-order valence-corrected chi connectivity index (χ3v) is 3.66. The lowest BCUT2D eigenvalue weighted by atomic mass is 10.1. The number of rotatable bonds is 4. The van der Waals surface area contributed by atoms with Crippen molar-refractivity contribution in [3.8, 4) is 0 Å². The zero-order valence-corrected chi connectivity index (χ0v) is 14.8. The van der Waals surface area contributed by atoms with Gasteiger partial charge in [0.15, 0.2) is 0 Å². The van der Waals surface area contributed by atoms with Gasteiger partial charge in [0, 0.05) is 38.6 Å². The molecule has 2 aromatic rings. The molecule has 1 atom stereocenters. The molecule has 1 saturated heterocycles. The van der Waals surface area contributed by atoms with E-state index in [4.69, 9.17) is 4.74 Å². The molecule has 23 heavy (non-hydrogen) atoms. The molecule has 0 aliphatic carbocycles. The maximum absolute atomic E-state index is 10.4. The molecule has 3 heterocycles. The Morgan fingerprint density at radius 3 is 3.04 bits per heavy atom. The van der Waals surface area contributed by atoms with Crippen molar-refractivity contribution in [2.75, 3.05) is 32.8 Å². The summed E-state index contributed by atoms with van der Waals surface area (Å²) in [5.74, 6) is 0. The van der Waals surface area contributed by atoms with Gasteiger partial charge in [-0.15, -0.1) is 24.8 Å². The minimum absolute atomic E-state index is 0. The van der Waals surface area contributed by atoms with Gasteiger partial charge in [0.1, 0.15) is 11.2 Å². The number of halogens is 2. The Morgan fingerprint density at radius 2 is 2.22 bits per heavy atom. The first kappa shape index (κ1) is 20.2. The van der Waals surface area contributed by atoms with Gasteiger partial charge >= 0.3 is 0 Å². The number of nitrogens with zero attached hydrogens (tertiary/aromatic N) is 2. The van der Waals surface area contributed by atoms with E-state index in [-0.39, 0.29) is 24.8 Å². The van der Waals surface area contributed by atoms with Crippen LogP contribution in [0.3, 0.4) is 0 Å². The first-order valence-electron chi connectivity index (χ1n) is 7.30. The molecule has 1 aliphatic heterocycles. The molecule has 8 heteroatoms. The van der Waals surface area contributed by atoms with Gasteiger partial charge in [0.2, 0.25) is 0 Å². The molecule has 3 N–H and O–H groups in total. The molecule has 2 aromatic heterocycles. The third-order valence-electron chi connectivity index (χ3n) is 3.66. The molecule has 0 radical (unpaired) electrons. The van der Waals surface area contributed by atoms with Crippen molar-refractivity contribution in [3.63, 3.8) is 0 Å². The van der Waals surface area contributed by atoms with E-state index in [1.54, 1.807) is 0 Å². The van der Waals surface area contributed by atoms with Gasteiger partial charge in [-0.25, -0.2) is 4.98 Å². The summed E-state index contributed by atoms with van der Waals surface area (Å²) in [5, 5.41) is 16.9. The number of hydrogen-bond acceptors (Lipinski definition) is 5. The van der Waals surface area contributed by atoms with E-state index in [9.17, 15) is 5.11 Å². The first-order valence-corrected chi connectivity index (χ1v) is 7.30. The topological polar surface area (TPSA) is 70.8 Å². The lowest BCUT2D eigenvalue weighted by Crippen LogP contribution is -2.50. The molecule has 0 amide bonds. The summed E-state index contributed by atoms with van der Waals surface area (Å²) in [7, 11) is 0. The van der Waals surface area contributed by atoms with Crippen LogP contribution in [0.15, 0.2) is 24.5 Å². The molecule has 0 spiro atoms. The lowest BCUT2D eigenvalue weighted by Gasteiger charge is -2.25. The van der Waals surface area contributed by atoms with Crippen LogP contribution in [0, 0.1) is 6.92 Å². The second-order valence-corrected chi connectivity index (χ2v) is 5.76. The van der Waals surface area contributed by atoms with E-state index >= 15 is 0 Å². The van der Waals surface area contributed by atoms with Crippen molar-refractivity contribution in [2.45, 2.75) is 19.1 Å². The fourth-order valence-electron chi connectivity index (χ4n) is 2.56. The highest BCUT2D eigenvalue weighted by atomic mass is 35.5. The zero-order valence-electron chi connectivity index (χ0n) is 13.1. The van der Waals surface area contributed by atoms with Crippen molar-refractivity contribution >= 4 is 30.5 Å². The number of aryl methyl sites for hydroxylation is 1. The van der Waals surface area contributed by atoms with Crippen LogP contribution < -0.4 is 10.6 Å². The summed E-state index contributed by atoms with van der Waals surface area (Å²) in [4.78, 5) is 4.55. The highest BCUT2D eigenvalue weighted by Crippen LogP contribution is 2.09. The first-order chi connectivity index (χ1) is 10.1. The highest BCUT2D eigenvalue weighted by molar-refractivity contribution is 5.85. The molecule has 0 aromatic carbocycles. The van der Waals surface area contributed by atoms with Crippen LogP contribution in [0.5, 0.6) is 0 Å². The number of pyridine rings is 1. The average Bonchev–Trinajstić information content (AvgIpc) is 2.71. The molecule has 0 bridgehead atoms. The molecule has 0 saturated carbocycles. The van der Waals surface area contributed by atoms with E-state index in [0.717, 1.165) is 17.9 Å². The van der Waals surface area contributed by atoms with E-state index < -0.39 is 5.60 Å². The van der Waals surface area contributed by atoms with Crippen LogP contribution in [0.1, 0.15) is 11.3 Å². The molecular weight excluding hydrogens is 339 g/mol. The smallest absolute Gasteiger partial charge is 0.137 e. The molecule has 130 valence electrons. The van der Waals surface area contributed by atoms with Crippen LogP contribution in [0.4, 0.5) is 0 Å². The van der Waals surface area contributed by atoms with Gasteiger partial charge in [0.05, 0.1) is 18.9 Å². The fourth-order valence-corrected chi connectivity index (χ4v) is 2.56. The zero-order chi connectivity index (χ0) is 14.7. The number of fused-ring (bicyclic) bond motifs is 1. The fraction of sp³-hybridized carbons (Fsp3) is 0.533. The maximum atomic E-state index is 10.4. The van der Waals surface area contributed by atoms with Crippen molar-refractivity contribution in [1.82, 2.24) is 20.0 Å². The summed E-state index contributed by atoms with van der Waals surface area (Å²) in [6.07, 6.45) is 4.07. The summed E-state index contributed by atoms with van der Waals surface area (Å²) in [6, 6.07) is 4.06. The second-order valence-electron chi connectivity index (χ2n) is 5.76. The Balaban J connectivity index is 0.00000132. The van der Waals surface area contributed by atoms with Gasteiger partial charge in [-0.2, -0.15) is 0 Å². The number of nitrogens with one attached hydrogen (secondary N) is 2. The van der Waals surface area contributed by atoms with E-state index in [2.05, 4.69) is 34.8 Å². The number of hydrogen-bond donors (Lipinski definition) is 3.